The molecule has 0 fully saturated rings. The molecule has 152 valence electrons. The van der Waals surface area contributed by atoms with Crippen LogP contribution in [0.1, 0.15) is 25.5 Å². The molecule has 3 aromatic carbocycles. The van der Waals surface area contributed by atoms with Crippen molar-refractivity contribution in [3.8, 4) is 11.5 Å². The van der Waals surface area contributed by atoms with Crippen LogP contribution in [0.4, 0.5) is 5.69 Å². The number of hydrogen-bond donors (Lipinski definition) is 2. The van der Waals surface area contributed by atoms with Gasteiger partial charge in [0.15, 0.2) is 0 Å². The van der Waals surface area contributed by atoms with E-state index in [4.69, 9.17) is 4.74 Å². The van der Waals surface area contributed by atoms with Crippen molar-refractivity contribution in [3.05, 3.63) is 90.5 Å². The van der Waals surface area contributed by atoms with E-state index >= 15 is 0 Å². The van der Waals surface area contributed by atoms with E-state index in [2.05, 4.69) is 29.7 Å². The molecule has 1 heterocycles. The minimum Gasteiger partial charge on any atom is -0.457 e. The first-order chi connectivity index (χ1) is 14.6. The highest BCUT2D eigenvalue weighted by Gasteiger charge is 2.39. The minimum atomic E-state index is -0.405. The van der Waals surface area contributed by atoms with Crippen LogP contribution in [0.15, 0.2) is 90.0 Å². The maximum absolute atomic E-state index is 13.2. The van der Waals surface area contributed by atoms with Crippen molar-refractivity contribution >= 4 is 17.3 Å². The van der Waals surface area contributed by atoms with Crippen LogP contribution in [-0.4, -0.2) is 11.6 Å². The largest absolute Gasteiger partial charge is 0.457 e. The highest BCUT2D eigenvalue weighted by molar-refractivity contribution is 6.11. The van der Waals surface area contributed by atoms with Crippen LogP contribution in [0.25, 0.3) is 0 Å². The fourth-order valence-electron chi connectivity index (χ4n) is 3.64. The number of nitrogens with one attached hydrogen (secondary N) is 2. The number of para-hydroxylation sites is 2. The molecule has 2 unspecified atom stereocenters. The number of anilines is 1. The summed E-state index contributed by atoms with van der Waals surface area (Å²) in [5, 5.41) is 7.55. The number of benzene rings is 3. The highest BCUT2D eigenvalue weighted by Crippen LogP contribution is 2.34. The number of nitrogens with zero attached hydrogens (tertiary/aromatic N) is 1. The summed E-state index contributed by atoms with van der Waals surface area (Å²) in [6.07, 6.45) is 0. The third kappa shape index (κ3) is 4.35. The molecule has 0 bridgehead atoms. The van der Waals surface area contributed by atoms with Gasteiger partial charge in [-0.15, -0.1) is 0 Å². The van der Waals surface area contributed by atoms with Crippen molar-refractivity contribution in [2.45, 2.75) is 19.9 Å². The van der Waals surface area contributed by atoms with Crippen molar-refractivity contribution < 1.29 is 9.53 Å². The number of amides is 1. The van der Waals surface area contributed by atoms with Gasteiger partial charge in [0.05, 0.1) is 11.8 Å². The molecule has 30 heavy (non-hydrogen) atoms. The first-order valence-electron chi connectivity index (χ1n) is 10.1. The fraction of sp³-hybridized carbons (Fsp3) is 0.200. The summed E-state index contributed by atoms with van der Waals surface area (Å²) in [4.78, 5) is 13.2. The molecule has 2 N–H and O–H groups in total. The Hall–Kier alpha value is -3.60. The molecular formula is C25H25N3O2. The van der Waals surface area contributed by atoms with Crippen LogP contribution >= 0.6 is 0 Å². The summed E-state index contributed by atoms with van der Waals surface area (Å²) < 4.78 is 5.98. The zero-order valence-electron chi connectivity index (χ0n) is 17.1. The predicted octanol–water partition coefficient (Wildman–Crippen LogP) is 5.39. The van der Waals surface area contributed by atoms with Crippen LogP contribution in [0.2, 0.25) is 0 Å². The van der Waals surface area contributed by atoms with E-state index in [1.807, 2.05) is 84.9 Å². The number of hydrazone groups is 1. The second-order valence-corrected chi connectivity index (χ2v) is 7.62. The molecule has 1 aliphatic heterocycles. The fourth-order valence-corrected chi connectivity index (χ4v) is 3.64. The monoisotopic (exact) mass is 399 g/mol. The Morgan fingerprint density at radius 2 is 1.60 bits per heavy atom. The van der Waals surface area contributed by atoms with Gasteiger partial charge in [-0.05, 0) is 47.9 Å². The lowest BCUT2D eigenvalue weighted by Crippen LogP contribution is -2.35. The zero-order valence-corrected chi connectivity index (χ0v) is 17.1. The van der Waals surface area contributed by atoms with Gasteiger partial charge in [-0.2, -0.15) is 5.10 Å². The second-order valence-electron chi connectivity index (χ2n) is 7.62. The first kappa shape index (κ1) is 19.7. The van der Waals surface area contributed by atoms with Gasteiger partial charge in [0.2, 0.25) is 5.91 Å². The van der Waals surface area contributed by atoms with Crippen LogP contribution < -0.4 is 15.5 Å². The normalized spacial score (nSPS) is 17.9. The Balaban J connectivity index is 1.59. The quantitative estimate of drug-likeness (QED) is 0.584. The topological polar surface area (TPSA) is 62.7 Å². The number of carbonyl (C=O) groups is 1. The van der Waals surface area contributed by atoms with Gasteiger partial charge in [-0.1, -0.05) is 62.4 Å². The molecule has 2 atom stereocenters. The Morgan fingerprint density at radius 1 is 0.933 bits per heavy atom. The molecule has 1 aliphatic rings. The molecule has 5 heteroatoms. The second kappa shape index (κ2) is 8.82. The number of ether oxygens (including phenoxy) is 1. The van der Waals surface area contributed by atoms with Crippen LogP contribution in [0.5, 0.6) is 11.5 Å². The summed E-state index contributed by atoms with van der Waals surface area (Å²) >= 11 is 0. The van der Waals surface area contributed by atoms with Gasteiger partial charge < -0.3 is 15.5 Å². The lowest BCUT2D eigenvalue weighted by Gasteiger charge is -2.22. The molecule has 0 spiro atoms. The Bertz CT molecular complexity index is 1030. The summed E-state index contributed by atoms with van der Waals surface area (Å²) in [6, 6.07) is 26.7. The molecule has 0 aliphatic carbocycles. The van der Waals surface area contributed by atoms with E-state index in [0.717, 1.165) is 28.5 Å². The molecule has 0 saturated carbocycles. The number of hydrogen-bond acceptors (Lipinski definition) is 4. The van der Waals surface area contributed by atoms with Gasteiger partial charge in [-0.25, -0.2) is 0 Å². The van der Waals surface area contributed by atoms with Gasteiger partial charge in [0.25, 0.3) is 0 Å². The van der Waals surface area contributed by atoms with Gasteiger partial charge in [-0.3, -0.25) is 4.79 Å². The lowest BCUT2D eigenvalue weighted by atomic mass is 9.85. The molecule has 5 nitrogen and oxygen atoms in total. The van der Waals surface area contributed by atoms with Crippen LogP contribution in [0.3, 0.4) is 0 Å². The maximum atomic E-state index is 13.2. The van der Waals surface area contributed by atoms with Crippen molar-refractivity contribution in [2.24, 2.45) is 16.9 Å². The van der Waals surface area contributed by atoms with E-state index < -0.39 is 5.92 Å². The molecule has 0 aromatic heterocycles. The van der Waals surface area contributed by atoms with Crippen molar-refractivity contribution in [1.82, 2.24) is 5.43 Å². The van der Waals surface area contributed by atoms with Gasteiger partial charge >= 0.3 is 0 Å². The third-order valence-corrected chi connectivity index (χ3v) is 5.10. The van der Waals surface area contributed by atoms with Gasteiger partial charge in [0, 0.05) is 5.69 Å². The summed E-state index contributed by atoms with van der Waals surface area (Å²) in [7, 11) is 0. The smallest absolute Gasteiger partial charge is 0.235 e. The summed E-state index contributed by atoms with van der Waals surface area (Å²) in [5.41, 5.74) is 5.76. The average Bonchev–Trinajstić information content (AvgIpc) is 3.21. The Labute approximate surface area is 176 Å². The molecular weight excluding hydrogens is 374 g/mol. The number of rotatable bonds is 6. The predicted molar refractivity (Wildman–Crippen MR) is 120 cm³/mol. The molecule has 1 amide bonds. The van der Waals surface area contributed by atoms with Crippen LogP contribution in [0, 0.1) is 11.8 Å². The molecule has 0 radical (unpaired) electrons. The lowest BCUT2D eigenvalue weighted by molar-refractivity contribution is -0.118. The van der Waals surface area contributed by atoms with Crippen molar-refractivity contribution in [2.75, 3.05) is 5.32 Å². The van der Waals surface area contributed by atoms with Crippen molar-refractivity contribution in [3.63, 3.8) is 0 Å². The Kier molecular flexibility index (Phi) is 5.80. The Morgan fingerprint density at radius 3 is 2.30 bits per heavy atom. The highest BCUT2D eigenvalue weighted by atomic mass is 16.5. The van der Waals surface area contributed by atoms with E-state index in [1.165, 1.54) is 0 Å². The molecule has 0 saturated heterocycles. The summed E-state index contributed by atoms with van der Waals surface area (Å²) in [5.74, 6) is 1.17. The maximum Gasteiger partial charge on any atom is 0.235 e. The summed E-state index contributed by atoms with van der Waals surface area (Å²) in [6.45, 7) is 4.11. The van der Waals surface area contributed by atoms with E-state index in [0.29, 0.717) is 0 Å². The van der Waals surface area contributed by atoms with E-state index in [1.54, 1.807) is 0 Å². The number of carbonyl (C=O) groups excluding carboxylic acids is 1. The standard InChI is InChI=1S/C25H25N3O2/c1-17(2)23-22(25(29)26-19-11-5-3-6-12-19)24(28-27-23)18-10-9-15-21(16-18)30-20-13-7-4-8-14-20/h3-17,22,24,28H,1-2H3,(H,26,29). The SMILES string of the molecule is CC(C)C1=NNC(c2cccc(Oc3ccccc3)c2)C1C(=O)Nc1ccccc1. The minimum absolute atomic E-state index is 0.0713. The molecule has 3 aromatic rings. The average molecular weight is 399 g/mol. The first-order valence-corrected chi connectivity index (χ1v) is 10.1. The zero-order chi connectivity index (χ0) is 20.9. The molecule has 4 rings (SSSR count). The van der Waals surface area contributed by atoms with E-state index in [9.17, 15) is 4.79 Å². The van der Waals surface area contributed by atoms with E-state index in [-0.39, 0.29) is 17.9 Å². The van der Waals surface area contributed by atoms with Crippen LogP contribution in [-0.2, 0) is 4.79 Å². The van der Waals surface area contributed by atoms with Crippen molar-refractivity contribution in [1.29, 1.82) is 0 Å². The third-order valence-electron chi connectivity index (χ3n) is 5.10. The van der Waals surface area contributed by atoms with Gasteiger partial charge in [0.1, 0.15) is 17.4 Å².